The summed E-state index contributed by atoms with van der Waals surface area (Å²) in [5.74, 6) is -0.368. The van der Waals surface area contributed by atoms with Gasteiger partial charge in [0, 0.05) is 19.1 Å². The van der Waals surface area contributed by atoms with E-state index in [9.17, 15) is 17.6 Å². The van der Waals surface area contributed by atoms with Crippen LogP contribution in [-0.2, 0) is 14.8 Å². The van der Waals surface area contributed by atoms with E-state index in [1.165, 1.54) is 22.9 Å². The summed E-state index contributed by atoms with van der Waals surface area (Å²) in [5.41, 5.74) is 0. The lowest BCUT2D eigenvalue weighted by atomic mass is 9.85. The molecule has 5 nitrogen and oxygen atoms in total. The number of hydrogen-bond donors (Lipinski definition) is 1. The van der Waals surface area contributed by atoms with Gasteiger partial charge in [-0.25, -0.2) is 12.8 Å². The van der Waals surface area contributed by atoms with E-state index < -0.39 is 15.8 Å². The summed E-state index contributed by atoms with van der Waals surface area (Å²) in [6, 6.07) is 5.04. The van der Waals surface area contributed by atoms with E-state index in [0.717, 1.165) is 31.4 Å². The van der Waals surface area contributed by atoms with Crippen molar-refractivity contribution in [3.05, 3.63) is 30.1 Å². The fraction of sp³-hybridized carbons (Fsp3) is 0.632. The van der Waals surface area contributed by atoms with Crippen LogP contribution < -0.4 is 5.32 Å². The Balaban J connectivity index is 1.66. The molecular formula is C19H27FN2O3S. The largest absolute Gasteiger partial charge is 0.353 e. The number of sulfonamides is 1. The number of nitrogens with zero attached hydrogens (tertiary/aromatic N) is 1. The lowest BCUT2D eigenvalue weighted by Gasteiger charge is -2.34. The molecular weight excluding hydrogens is 355 g/mol. The zero-order valence-electron chi connectivity index (χ0n) is 15.2. The maximum Gasteiger partial charge on any atom is 0.243 e. The molecule has 1 saturated heterocycles. The summed E-state index contributed by atoms with van der Waals surface area (Å²) < 4.78 is 40.0. The van der Waals surface area contributed by atoms with Crippen LogP contribution in [0.25, 0.3) is 0 Å². The molecule has 1 aromatic rings. The van der Waals surface area contributed by atoms with Crippen molar-refractivity contribution in [2.45, 2.75) is 56.4 Å². The molecule has 0 bridgehead atoms. The standard InChI is InChI=1S/C19H27FN2O3S/c1-14-5-2-3-7-18(14)21-19(23)15-6-4-12-22(13-15)26(24,25)17-10-8-16(20)9-11-17/h8-11,14-15,18H,2-7,12-13H2,1H3,(H,21,23)/t14-,15-,18-/m1/s1. The van der Waals surface area contributed by atoms with E-state index >= 15 is 0 Å². The number of rotatable bonds is 4. The molecule has 144 valence electrons. The van der Waals surface area contributed by atoms with Crippen LogP contribution in [0.5, 0.6) is 0 Å². The predicted molar refractivity (Wildman–Crippen MR) is 97.4 cm³/mol. The Morgan fingerprint density at radius 1 is 1.12 bits per heavy atom. The van der Waals surface area contributed by atoms with Crippen LogP contribution in [0.15, 0.2) is 29.2 Å². The fourth-order valence-electron chi connectivity index (χ4n) is 3.96. The van der Waals surface area contributed by atoms with Crippen molar-refractivity contribution in [1.82, 2.24) is 9.62 Å². The van der Waals surface area contributed by atoms with Crippen molar-refractivity contribution in [3.8, 4) is 0 Å². The fourth-order valence-corrected chi connectivity index (χ4v) is 5.49. The first-order chi connectivity index (χ1) is 12.4. The molecule has 1 N–H and O–H groups in total. The summed E-state index contributed by atoms with van der Waals surface area (Å²) in [4.78, 5) is 12.8. The van der Waals surface area contributed by atoms with Crippen LogP contribution in [0.3, 0.4) is 0 Å². The highest BCUT2D eigenvalue weighted by Crippen LogP contribution is 2.27. The van der Waals surface area contributed by atoms with Crippen LogP contribution in [-0.4, -0.2) is 37.8 Å². The maximum absolute atomic E-state index is 13.1. The van der Waals surface area contributed by atoms with Crippen molar-refractivity contribution in [1.29, 1.82) is 0 Å². The molecule has 26 heavy (non-hydrogen) atoms. The number of benzene rings is 1. The van der Waals surface area contributed by atoms with Gasteiger partial charge in [0.05, 0.1) is 10.8 Å². The number of carbonyl (C=O) groups excluding carboxylic acids is 1. The average molecular weight is 383 g/mol. The van der Waals surface area contributed by atoms with Gasteiger partial charge in [-0.05, 0) is 55.9 Å². The monoisotopic (exact) mass is 382 g/mol. The van der Waals surface area contributed by atoms with Gasteiger partial charge in [0.25, 0.3) is 0 Å². The second-order valence-electron chi connectivity index (χ2n) is 7.53. The van der Waals surface area contributed by atoms with E-state index in [4.69, 9.17) is 0 Å². The SMILES string of the molecule is C[C@@H]1CCCC[C@H]1NC(=O)[C@@H]1CCCN(S(=O)(=O)c2ccc(F)cc2)C1. The van der Waals surface area contributed by atoms with Crippen molar-refractivity contribution in [2.75, 3.05) is 13.1 Å². The number of carbonyl (C=O) groups is 1. The maximum atomic E-state index is 13.1. The molecule has 7 heteroatoms. The Hall–Kier alpha value is -1.47. The Morgan fingerprint density at radius 2 is 1.81 bits per heavy atom. The molecule has 1 amide bonds. The third-order valence-corrected chi connectivity index (χ3v) is 7.52. The first-order valence-corrected chi connectivity index (χ1v) is 10.9. The van der Waals surface area contributed by atoms with Gasteiger partial charge in [0.15, 0.2) is 0 Å². The minimum Gasteiger partial charge on any atom is -0.353 e. The number of nitrogens with one attached hydrogen (secondary N) is 1. The van der Waals surface area contributed by atoms with E-state index in [1.807, 2.05) is 0 Å². The summed E-state index contributed by atoms with van der Waals surface area (Å²) in [5, 5.41) is 3.15. The molecule has 0 unspecified atom stereocenters. The Bertz CT molecular complexity index is 736. The van der Waals surface area contributed by atoms with Gasteiger partial charge in [0.1, 0.15) is 5.82 Å². The second kappa shape index (κ2) is 8.05. The van der Waals surface area contributed by atoms with Crippen molar-refractivity contribution in [3.63, 3.8) is 0 Å². The Kier molecular flexibility index (Phi) is 5.97. The van der Waals surface area contributed by atoms with Crippen LogP contribution >= 0.6 is 0 Å². The second-order valence-corrected chi connectivity index (χ2v) is 9.47. The van der Waals surface area contributed by atoms with E-state index in [2.05, 4.69) is 12.2 Å². The molecule has 0 spiro atoms. The highest BCUT2D eigenvalue weighted by atomic mass is 32.2. The number of hydrogen-bond acceptors (Lipinski definition) is 3. The van der Waals surface area contributed by atoms with Crippen LogP contribution in [0.1, 0.15) is 45.4 Å². The first kappa shape index (κ1) is 19.3. The molecule has 1 aromatic carbocycles. The minimum atomic E-state index is -3.70. The number of halogens is 1. The Morgan fingerprint density at radius 3 is 2.50 bits per heavy atom. The molecule has 1 heterocycles. The quantitative estimate of drug-likeness (QED) is 0.871. The zero-order valence-corrected chi connectivity index (χ0v) is 16.0. The van der Waals surface area contributed by atoms with Gasteiger partial charge in [-0.3, -0.25) is 4.79 Å². The molecule has 3 atom stereocenters. The lowest BCUT2D eigenvalue weighted by molar-refractivity contribution is -0.127. The van der Waals surface area contributed by atoms with E-state index in [1.54, 1.807) is 0 Å². The minimum absolute atomic E-state index is 0.0391. The molecule has 3 rings (SSSR count). The number of amides is 1. The molecule has 0 aromatic heterocycles. The van der Waals surface area contributed by atoms with Crippen molar-refractivity contribution < 1.29 is 17.6 Å². The lowest BCUT2D eigenvalue weighted by Crippen LogP contribution is -2.49. The average Bonchev–Trinajstić information content (AvgIpc) is 2.64. The van der Waals surface area contributed by atoms with Gasteiger partial charge in [-0.2, -0.15) is 4.31 Å². The van der Waals surface area contributed by atoms with Gasteiger partial charge < -0.3 is 5.32 Å². The van der Waals surface area contributed by atoms with Crippen molar-refractivity contribution in [2.24, 2.45) is 11.8 Å². The summed E-state index contributed by atoms with van der Waals surface area (Å²) in [7, 11) is -3.70. The van der Waals surface area contributed by atoms with Gasteiger partial charge in [0.2, 0.25) is 15.9 Å². The predicted octanol–water partition coefficient (Wildman–Crippen LogP) is 2.92. The highest BCUT2D eigenvalue weighted by molar-refractivity contribution is 7.89. The molecule has 1 saturated carbocycles. The highest BCUT2D eigenvalue weighted by Gasteiger charge is 2.34. The van der Waals surface area contributed by atoms with E-state index in [-0.39, 0.29) is 29.3 Å². The smallest absolute Gasteiger partial charge is 0.243 e. The van der Waals surface area contributed by atoms with Crippen LogP contribution in [0, 0.1) is 17.7 Å². The van der Waals surface area contributed by atoms with Crippen molar-refractivity contribution >= 4 is 15.9 Å². The molecule has 1 aliphatic carbocycles. The molecule has 2 fully saturated rings. The summed E-state index contributed by atoms with van der Waals surface area (Å²) in [6.45, 7) is 2.74. The van der Waals surface area contributed by atoms with Gasteiger partial charge in [-0.1, -0.05) is 19.8 Å². The summed E-state index contributed by atoms with van der Waals surface area (Å²) >= 11 is 0. The Labute approximate surface area is 155 Å². The third-order valence-electron chi connectivity index (χ3n) is 5.65. The van der Waals surface area contributed by atoms with E-state index in [0.29, 0.717) is 25.3 Å². The molecule has 1 aliphatic heterocycles. The third kappa shape index (κ3) is 4.26. The molecule has 0 radical (unpaired) electrons. The van der Waals surface area contributed by atoms with Crippen LogP contribution in [0.4, 0.5) is 4.39 Å². The normalized spacial score (nSPS) is 27.8. The van der Waals surface area contributed by atoms with Gasteiger partial charge in [-0.15, -0.1) is 0 Å². The number of piperidine rings is 1. The van der Waals surface area contributed by atoms with Gasteiger partial charge >= 0.3 is 0 Å². The molecule has 2 aliphatic rings. The zero-order chi connectivity index (χ0) is 18.7. The van der Waals surface area contributed by atoms with Crippen LogP contribution in [0.2, 0.25) is 0 Å². The first-order valence-electron chi connectivity index (χ1n) is 9.44. The topological polar surface area (TPSA) is 66.5 Å². The summed E-state index contributed by atoms with van der Waals surface area (Å²) in [6.07, 6.45) is 5.81.